The number of hydrogen-bond acceptors (Lipinski definition) is 6. The molecule has 25 heavy (non-hydrogen) atoms. The van der Waals surface area contributed by atoms with Crippen molar-refractivity contribution in [1.82, 2.24) is 0 Å². The fraction of sp³-hybridized carbons (Fsp3) is 0.947. The fourth-order valence-corrected chi connectivity index (χ4v) is 4.92. The van der Waals surface area contributed by atoms with Crippen molar-refractivity contribution < 1.29 is 28.5 Å². The molecule has 1 aliphatic carbocycles. The Kier molecular flexibility index (Phi) is 5.06. The first-order valence-electron chi connectivity index (χ1n) is 9.82. The van der Waals surface area contributed by atoms with Crippen molar-refractivity contribution in [2.75, 3.05) is 7.11 Å². The largest absolute Gasteiger partial charge is 0.469 e. The molecule has 0 aromatic heterocycles. The standard InChI is InChI=1S/C19H30O6/c1-12-18(25-19(24-12)8-4-3-5-9-19)16-11-15-14(23-16)7-6-13(22-15)10-17(20)21-2/h12-16,18H,3-11H2,1-2H3/t12-,13?,14+,15+,16?,18-/m1/s1. The second kappa shape index (κ2) is 7.14. The Balaban J connectivity index is 1.35. The van der Waals surface area contributed by atoms with Gasteiger partial charge in [-0.25, -0.2) is 0 Å². The average Bonchev–Trinajstić information content (AvgIpc) is 3.16. The van der Waals surface area contributed by atoms with Crippen molar-refractivity contribution in [3.8, 4) is 0 Å². The van der Waals surface area contributed by atoms with Crippen molar-refractivity contribution in [3.05, 3.63) is 0 Å². The molecule has 6 atom stereocenters. The summed E-state index contributed by atoms with van der Waals surface area (Å²) in [6.07, 6.45) is 8.66. The SMILES string of the molecule is COC(=O)CC1CC[C@@H]2OC([C@@H]3OC4(CCCCC4)O[C@@H]3C)C[C@@H]2O1. The molecule has 3 aliphatic heterocycles. The Hall–Kier alpha value is -0.690. The Morgan fingerprint density at radius 1 is 1.04 bits per heavy atom. The summed E-state index contributed by atoms with van der Waals surface area (Å²) in [6.45, 7) is 2.10. The van der Waals surface area contributed by atoms with Gasteiger partial charge in [0.15, 0.2) is 5.79 Å². The first-order valence-corrected chi connectivity index (χ1v) is 9.82. The van der Waals surface area contributed by atoms with Crippen LogP contribution in [0.25, 0.3) is 0 Å². The van der Waals surface area contributed by atoms with Crippen LogP contribution in [0.4, 0.5) is 0 Å². The summed E-state index contributed by atoms with van der Waals surface area (Å²) < 4.78 is 29.8. The molecule has 0 N–H and O–H groups in total. The van der Waals surface area contributed by atoms with Gasteiger partial charge in [-0.3, -0.25) is 4.79 Å². The van der Waals surface area contributed by atoms with E-state index in [-0.39, 0.29) is 48.4 Å². The van der Waals surface area contributed by atoms with Gasteiger partial charge in [0.25, 0.3) is 0 Å². The molecule has 3 saturated heterocycles. The van der Waals surface area contributed by atoms with E-state index in [2.05, 4.69) is 6.92 Å². The maximum atomic E-state index is 11.5. The van der Waals surface area contributed by atoms with Crippen LogP contribution in [-0.4, -0.2) is 55.5 Å². The van der Waals surface area contributed by atoms with Gasteiger partial charge in [-0.1, -0.05) is 6.42 Å². The second-order valence-electron chi connectivity index (χ2n) is 7.98. The van der Waals surface area contributed by atoms with Crippen LogP contribution >= 0.6 is 0 Å². The summed E-state index contributed by atoms with van der Waals surface area (Å²) >= 11 is 0. The van der Waals surface area contributed by atoms with Crippen molar-refractivity contribution in [2.45, 2.75) is 107 Å². The quantitative estimate of drug-likeness (QED) is 0.726. The van der Waals surface area contributed by atoms with Crippen LogP contribution in [0.2, 0.25) is 0 Å². The molecular formula is C19H30O6. The van der Waals surface area contributed by atoms with Gasteiger partial charge in [0.1, 0.15) is 6.10 Å². The number of carbonyl (C=O) groups is 1. The predicted molar refractivity (Wildman–Crippen MR) is 89.0 cm³/mol. The molecule has 0 amide bonds. The molecule has 0 aromatic rings. The molecule has 0 aromatic carbocycles. The lowest BCUT2D eigenvalue weighted by Gasteiger charge is -2.32. The van der Waals surface area contributed by atoms with E-state index in [9.17, 15) is 4.79 Å². The zero-order chi connectivity index (χ0) is 17.4. The van der Waals surface area contributed by atoms with E-state index in [1.807, 2.05) is 0 Å². The number of esters is 1. The molecule has 0 radical (unpaired) electrons. The average molecular weight is 354 g/mol. The van der Waals surface area contributed by atoms with Crippen molar-refractivity contribution in [3.63, 3.8) is 0 Å². The third kappa shape index (κ3) is 3.59. The molecule has 1 spiro atoms. The molecule has 6 nitrogen and oxygen atoms in total. The minimum atomic E-state index is -0.381. The zero-order valence-corrected chi connectivity index (χ0v) is 15.3. The van der Waals surface area contributed by atoms with Gasteiger partial charge in [0.05, 0.1) is 44.1 Å². The Morgan fingerprint density at radius 3 is 2.60 bits per heavy atom. The van der Waals surface area contributed by atoms with Gasteiger partial charge in [-0.2, -0.15) is 0 Å². The summed E-state index contributed by atoms with van der Waals surface area (Å²) in [5.41, 5.74) is 0. The molecule has 4 fully saturated rings. The summed E-state index contributed by atoms with van der Waals surface area (Å²) in [5.74, 6) is -0.590. The van der Waals surface area contributed by atoms with Gasteiger partial charge in [0.2, 0.25) is 0 Å². The Morgan fingerprint density at radius 2 is 1.84 bits per heavy atom. The summed E-state index contributed by atoms with van der Waals surface area (Å²) in [6, 6.07) is 0. The number of ether oxygens (including phenoxy) is 5. The molecule has 4 rings (SSSR count). The minimum absolute atomic E-state index is 0.0168. The molecule has 6 heteroatoms. The number of hydrogen-bond donors (Lipinski definition) is 0. The minimum Gasteiger partial charge on any atom is -0.469 e. The Bertz CT molecular complexity index is 488. The normalized spacial score (nSPS) is 43.1. The first kappa shape index (κ1) is 17.7. The summed E-state index contributed by atoms with van der Waals surface area (Å²) in [7, 11) is 1.42. The lowest BCUT2D eigenvalue weighted by molar-refractivity contribution is -0.201. The highest BCUT2D eigenvalue weighted by atomic mass is 16.8. The molecule has 3 heterocycles. The topological polar surface area (TPSA) is 63.2 Å². The molecule has 4 aliphatic rings. The van der Waals surface area contributed by atoms with Crippen LogP contribution in [0, 0.1) is 0 Å². The van der Waals surface area contributed by atoms with Gasteiger partial charge >= 0.3 is 5.97 Å². The smallest absolute Gasteiger partial charge is 0.308 e. The highest BCUT2D eigenvalue weighted by Gasteiger charge is 2.53. The number of methoxy groups -OCH3 is 1. The second-order valence-corrected chi connectivity index (χ2v) is 7.98. The highest BCUT2D eigenvalue weighted by molar-refractivity contribution is 5.69. The third-order valence-corrected chi connectivity index (χ3v) is 6.19. The van der Waals surface area contributed by atoms with E-state index in [0.717, 1.165) is 32.1 Å². The number of fused-ring (bicyclic) bond motifs is 1. The van der Waals surface area contributed by atoms with E-state index < -0.39 is 0 Å². The highest BCUT2D eigenvalue weighted by Crippen LogP contribution is 2.44. The van der Waals surface area contributed by atoms with Crippen LogP contribution in [0.15, 0.2) is 0 Å². The lowest BCUT2D eigenvalue weighted by Crippen LogP contribution is -2.36. The van der Waals surface area contributed by atoms with Crippen molar-refractivity contribution in [2.24, 2.45) is 0 Å². The monoisotopic (exact) mass is 354 g/mol. The fourth-order valence-electron chi connectivity index (χ4n) is 4.92. The van der Waals surface area contributed by atoms with Crippen LogP contribution in [-0.2, 0) is 28.5 Å². The number of rotatable bonds is 3. The van der Waals surface area contributed by atoms with Gasteiger partial charge < -0.3 is 23.7 Å². The van der Waals surface area contributed by atoms with Crippen LogP contribution in [0.5, 0.6) is 0 Å². The third-order valence-electron chi connectivity index (χ3n) is 6.19. The molecular weight excluding hydrogens is 324 g/mol. The lowest BCUT2D eigenvalue weighted by atomic mass is 9.94. The first-order chi connectivity index (χ1) is 12.1. The van der Waals surface area contributed by atoms with E-state index in [0.29, 0.717) is 6.42 Å². The molecule has 0 bridgehead atoms. The molecule has 142 valence electrons. The van der Waals surface area contributed by atoms with E-state index in [1.54, 1.807) is 0 Å². The number of carbonyl (C=O) groups excluding carboxylic acids is 1. The van der Waals surface area contributed by atoms with Gasteiger partial charge in [-0.15, -0.1) is 0 Å². The maximum absolute atomic E-state index is 11.5. The van der Waals surface area contributed by atoms with E-state index in [4.69, 9.17) is 23.7 Å². The van der Waals surface area contributed by atoms with E-state index >= 15 is 0 Å². The zero-order valence-electron chi connectivity index (χ0n) is 15.3. The van der Waals surface area contributed by atoms with Crippen LogP contribution in [0.3, 0.4) is 0 Å². The van der Waals surface area contributed by atoms with E-state index in [1.165, 1.54) is 26.4 Å². The summed E-state index contributed by atoms with van der Waals surface area (Å²) in [5, 5.41) is 0. The molecule has 1 saturated carbocycles. The Labute approximate surface area is 149 Å². The maximum Gasteiger partial charge on any atom is 0.308 e. The van der Waals surface area contributed by atoms with Crippen molar-refractivity contribution >= 4 is 5.97 Å². The van der Waals surface area contributed by atoms with Crippen LogP contribution in [0.1, 0.15) is 64.7 Å². The predicted octanol–water partition coefficient (Wildman–Crippen LogP) is 2.72. The summed E-state index contributed by atoms with van der Waals surface area (Å²) in [4.78, 5) is 11.5. The van der Waals surface area contributed by atoms with Gasteiger partial charge in [0, 0.05) is 19.3 Å². The van der Waals surface area contributed by atoms with Crippen LogP contribution < -0.4 is 0 Å². The molecule has 2 unspecified atom stereocenters. The van der Waals surface area contributed by atoms with Gasteiger partial charge in [-0.05, 0) is 32.6 Å². The van der Waals surface area contributed by atoms with Crippen molar-refractivity contribution in [1.29, 1.82) is 0 Å².